The summed E-state index contributed by atoms with van der Waals surface area (Å²) < 4.78 is 11.0. The first-order valence-corrected chi connectivity index (χ1v) is 9.20. The lowest BCUT2D eigenvalue weighted by Crippen LogP contribution is -2.46. The molecule has 1 aliphatic heterocycles. The number of carbonyl (C=O) groups is 2. The van der Waals surface area contributed by atoms with E-state index in [1.807, 2.05) is 54.6 Å². The lowest BCUT2D eigenvalue weighted by atomic mass is 9.95. The first kappa shape index (κ1) is 19.5. The van der Waals surface area contributed by atoms with Gasteiger partial charge in [-0.1, -0.05) is 42.5 Å². The second-order valence-corrected chi connectivity index (χ2v) is 6.50. The molecule has 0 saturated heterocycles. The third-order valence-corrected chi connectivity index (χ3v) is 4.71. The molecule has 1 heterocycles. The smallest absolute Gasteiger partial charge is 0.338 e. The van der Waals surface area contributed by atoms with Gasteiger partial charge in [0.05, 0.1) is 18.2 Å². The van der Waals surface area contributed by atoms with Crippen molar-refractivity contribution < 1.29 is 19.1 Å². The first-order valence-electron chi connectivity index (χ1n) is 9.20. The Morgan fingerprint density at radius 2 is 1.79 bits per heavy atom. The summed E-state index contributed by atoms with van der Waals surface area (Å²) in [6.07, 6.45) is 0. The minimum atomic E-state index is -0.564. The van der Waals surface area contributed by atoms with Crippen molar-refractivity contribution in [1.82, 2.24) is 10.2 Å². The molecule has 28 heavy (non-hydrogen) atoms. The van der Waals surface area contributed by atoms with Gasteiger partial charge in [0.15, 0.2) is 0 Å². The maximum Gasteiger partial charge on any atom is 0.338 e. The third kappa shape index (κ3) is 4.17. The number of urea groups is 1. The number of nitrogens with zero attached hydrogens (tertiary/aromatic N) is 1. The molecule has 6 nitrogen and oxygen atoms in total. The molecule has 1 aliphatic rings. The van der Waals surface area contributed by atoms with Crippen LogP contribution in [0.4, 0.5) is 4.79 Å². The fourth-order valence-electron chi connectivity index (χ4n) is 3.06. The summed E-state index contributed by atoms with van der Waals surface area (Å²) in [7, 11) is 1.63. The molecule has 0 spiro atoms. The fourth-order valence-corrected chi connectivity index (χ4v) is 3.06. The van der Waals surface area contributed by atoms with Crippen LogP contribution in [0.1, 0.15) is 31.0 Å². The van der Waals surface area contributed by atoms with Crippen LogP contribution in [0.3, 0.4) is 0 Å². The summed E-state index contributed by atoms with van der Waals surface area (Å²) in [5.74, 6) is 0.284. The van der Waals surface area contributed by atoms with Gasteiger partial charge in [-0.3, -0.25) is 0 Å². The van der Waals surface area contributed by atoms with Gasteiger partial charge in [0, 0.05) is 12.7 Å². The predicted molar refractivity (Wildman–Crippen MR) is 106 cm³/mol. The molecule has 0 aromatic heterocycles. The van der Waals surface area contributed by atoms with Gasteiger partial charge < -0.3 is 19.7 Å². The van der Waals surface area contributed by atoms with Gasteiger partial charge in [0.25, 0.3) is 0 Å². The maximum atomic E-state index is 12.5. The highest BCUT2D eigenvalue weighted by Gasteiger charge is 2.34. The Bertz CT molecular complexity index is 875. The number of ether oxygens (including phenoxy) is 2. The van der Waals surface area contributed by atoms with Crippen molar-refractivity contribution in [2.45, 2.75) is 26.5 Å². The largest absolute Gasteiger partial charge is 0.489 e. The van der Waals surface area contributed by atoms with Gasteiger partial charge >= 0.3 is 12.0 Å². The van der Waals surface area contributed by atoms with Gasteiger partial charge in [-0.2, -0.15) is 0 Å². The highest BCUT2D eigenvalue weighted by Crippen LogP contribution is 2.31. The minimum Gasteiger partial charge on any atom is -0.489 e. The molecule has 0 saturated carbocycles. The summed E-state index contributed by atoms with van der Waals surface area (Å²) in [6.45, 7) is 4.24. The predicted octanol–water partition coefficient (Wildman–Crippen LogP) is 3.80. The van der Waals surface area contributed by atoms with Gasteiger partial charge in [-0.05, 0) is 37.1 Å². The standard InChI is InChI=1S/C22H24N2O4/c1-4-27-21(25)19-15(2)24(3)22(26)23-20(19)17-10-12-18(13-11-17)28-14-16-8-6-5-7-9-16/h5-13,20H,4,14H2,1-3H3,(H,23,26). The summed E-state index contributed by atoms with van der Waals surface area (Å²) in [6, 6.07) is 16.4. The molecule has 1 N–H and O–H groups in total. The molecule has 0 bridgehead atoms. The molecular weight excluding hydrogens is 356 g/mol. The van der Waals surface area contributed by atoms with Gasteiger partial charge in [0.1, 0.15) is 12.4 Å². The molecule has 6 heteroatoms. The number of esters is 1. The SMILES string of the molecule is CCOC(=O)C1=C(C)N(C)C(=O)NC1c1ccc(OCc2ccccc2)cc1. The first-order chi connectivity index (χ1) is 13.5. The van der Waals surface area contributed by atoms with Crippen LogP contribution in [0.2, 0.25) is 0 Å². The normalized spacial score (nSPS) is 16.6. The number of allylic oxidation sites excluding steroid dienone is 1. The minimum absolute atomic E-state index is 0.264. The van der Waals surface area contributed by atoms with E-state index in [0.717, 1.165) is 11.1 Å². The lowest BCUT2D eigenvalue weighted by Gasteiger charge is -2.33. The van der Waals surface area contributed by atoms with Gasteiger partial charge in [-0.15, -0.1) is 0 Å². The highest BCUT2D eigenvalue weighted by atomic mass is 16.5. The molecule has 2 aromatic carbocycles. The molecule has 3 rings (SSSR count). The zero-order valence-corrected chi connectivity index (χ0v) is 16.3. The van der Waals surface area contributed by atoms with E-state index >= 15 is 0 Å². The molecule has 1 atom stereocenters. The second kappa shape index (κ2) is 8.61. The van der Waals surface area contributed by atoms with E-state index in [-0.39, 0.29) is 12.6 Å². The van der Waals surface area contributed by atoms with Crippen LogP contribution in [-0.4, -0.2) is 30.6 Å². The van der Waals surface area contributed by atoms with Crippen molar-refractivity contribution in [2.24, 2.45) is 0 Å². The van der Waals surface area contributed by atoms with Crippen LogP contribution in [0.15, 0.2) is 65.9 Å². The molecule has 1 unspecified atom stereocenters. The van der Waals surface area contributed by atoms with E-state index in [0.29, 0.717) is 23.6 Å². The van der Waals surface area contributed by atoms with Gasteiger partial charge in [0.2, 0.25) is 0 Å². The van der Waals surface area contributed by atoms with Crippen LogP contribution in [0, 0.1) is 0 Å². The van der Waals surface area contributed by atoms with Crippen molar-refractivity contribution >= 4 is 12.0 Å². The Kier molecular flexibility index (Phi) is 5.99. The third-order valence-electron chi connectivity index (χ3n) is 4.71. The van der Waals surface area contributed by atoms with E-state index in [4.69, 9.17) is 9.47 Å². The second-order valence-electron chi connectivity index (χ2n) is 6.50. The van der Waals surface area contributed by atoms with E-state index < -0.39 is 12.0 Å². The lowest BCUT2D eigenvalue weighted by molar-refractivity contribution is -0.139. The van der Waals surface area contributed by atoms with Crippen LogP contribution in [0.25, 0.3) is 0 Å². The monoisotopic (exact) mass is 380 g/mol. The topological polar surface area (TPSA) is 67.9 Å². The number of rotatable bonds is 6. The zero-order valence-electron chi connectivity index (χ0n) is 16.3. The van der Waals surface area contributed by atoms with Gasteiger partial charge in [-0.25, -0.2) is 9.59 Å². The molecule has 0 radical (unpaired) electrons. The Labute approximate surface area is 164 Å². The van der Waals surface area contributed by atoms with E-state index in [9.17, 15) is 9.59 Å². The van der Waals surface area contributed by atoms with Crippen LogP contribution in [-0.2, 0) is 16.1 Å². The Morgan fingerprint density at radius 1 is 1.11 bits per heavy atom. The van der Waals surface area contributed by atoms with Crippen molar-refractivity contribution in [3.05, 3.63) is 77.0 Å². The molecular formula is C22H24N2O4. The molecule has 2 aromatic rings. The number of carbonyl (C=O) groups excluding carboxylic acids is 2. The van der Waals surface area contributed by atoms with E-state index in [1.54, 1.807) is 20.9 Å². The molecule has 146 valence electrons. The van der Waals surface area contributed by atoms with Crippen LogP contribution >= 0.6 is 0 Å². The van der Waals surface area contributed by atoms with E-state index in [2.05, 4.69) is 5.32 Å². The van der Waals surface area contributed by atoms with Crippen molar-refractivity contribution in [2.75, 3.05) is 13.7 Å². The number of nitrogens with one attached hydrogen (secondary N) is 1. The molecule has 0 fully saturated rings. The van der Waals surface area contributed by atoms with Crippen molar-refractivity contribution in [1.29, 1.82) is 0 Å². The molecule has 2 amide bonds. The summed E-state index contributed by atoms with van der Waals surface area (Å²) in [5.41, 5.74) is 2.88. The Morgan fingerprint density at radius 3 is 2.43 bits per heavy atom. The summed E-state index contributed by atoms with van der Waals surface area (Å²) >= 11 is 0. The van der Waals surface area contributed by atoms with Crippen molar-refractivity contribution in [3.63, 3.8) is 0 Å². The zero-order chi connectivity index (χ0) is 20.1. The highest BCUT2D eigenvalue weighted by molar-refractivity contribution is 5.94. The number of benzene rings is 2. The quantitative estimate of drug-likeness (QED) is 0.774. The average Bonchev–Trinajstić information content (AvgIpc) is 2.71. The fraction of sp³-hybridized carbons (Fsp3) is 0.273. The van der Waals surface area contributed by atoms with Crippen LogP contribution in [0.5, 0.6) is 5.75 Å². The Balaban J connectivity index is 1.80. The number of amides is 2. The number of hydrogen-bond acceptors (Lipinski definition) is 4. The summed E-state index contributed by atoms with van der Waals surface area (Å²) in [4.78, 5) is 26.1. The average molecular weight is 380 g/mol. The summed E-state index contributed by atoms with van der Waals surface area (Å²) in [5, 5.41) is 2.87. The van der Waals surface area contributed by atoms with E-state index in [1.165, 1.54) is 4.90 Å². The maximum absolute atomic E-state index is 12.5. The van der Waals surface area contributed by atoms with Crippen molar-refractivity contribution in [3.8, 4) is 5.75 Å². The number of hydrogen-bond donors (Lipinski definition) is 1. The Hall–Kier alpha value is -3.28. The molecule has 0 aliphatic carbocycles. The van der Waals surface area contributed by atoms with Crippen LogP contribution < -0.4 is 10.1 Å².